The van der Waals surface area contributed by atoms with E-state index in [0.29, 0.717) is 36.2 Å². The van der Waals surface area contributed by atoms with Gasteiger partial charge >= 0.3 is 0 Å². The van der Waals surface area contributed by atoms with Gasteiger partial charge in [0.15, 0.2) is 5.82 Å². The van der Waals surface area contributed by atoms with Crippen LogP contribution in [0.1, 0.15) is 16.1 Å². The van der Waals surface area contributed by atoms with Crippen LogP contribution in [-0.4, -0.2) is 32.6 Å². The Hall–Kier alpha value is -3.94. The summed E-state index contributed by atoms with van der Waals surface area (Å²) in [5.74, 6) is 1.41. The number of amides is 1. The number of aromatic amines is 1. The summed E-state index contributed by atoms with van der Waals surface area (Å²) in [6, 6.07) is 17.4. The van der Waals surface area contributed by atoms with Gasteiger partial charge in [0, 0.05) is 23.7 Å². The number of nitrogens with one attached hydrogen (secondary N) is 4. The molecule has 0 aliphatic carbocycles. The zero-order valence-corrected chi connectivity index (χ0v) is 14.9. The zero-order valence-electron chi connectivity index (χ0n) is 14.9. The molecular weight excluding hydrogens is 354 g/mol. The second kappa shape index (κ2) is 6.66. The number of nitrogens with zero attached hydrogens (tertiary/aromatic N) is 3. The van der Waals surface area contributed by atoms with Crippen LogP contribution in [0, 0.1) is 0 Å². The van der Waals surface area contributed by atoms with Crippen molar-refractivity contribution in [3.05, 3.63) is 65.9 Å². The number of para-hydroxylation sites is 1. The van der Waals surface area contributed by atoms with Crippen molar-refractivity contribution >= 4 is 40.1 Å². The highest BCUT2D eigenvalue weighted by Gasteiger charge is 2.13. The van der Waals surface area contributed by atoms with Gasteiger partial charge < -0.3 is 16.0 Å². The van der Waals surface area contributed by atoms with Crippen molar-refractivity contribution in [3.8, 4) is 0 Å². The number of hydrogen-bond acceptors (Lipinski definition) is 6. The standard InChI is InChI=1S/C20H17N7O/c28-19-16-11-17(27-26-16)24-18-14-6-1-2-7-15(14)23-20(25-18)22-13-5-3-4-12(10-13)8-9-21-19/h1-7,10-11H,8-9H2,(H,21,28)(H3,22,23,24,25,26,27). The van der Waals surface area contributed by atoms with Crippen LogP contribution >= 0.6 is 0 Å². The molecule has 0 fully saturated rings. The highest BCUT2D eigenvalue weighted by molar-refractivity contribution is 5.94. The van der Waals surface area contributed by atoms with Crippen LogP contribution in [0.2, 0.25) is 0 Å². The number of anilines is 4. The minimum atomic E-state index is -0.196. The van der Waals surface area contributed by atoms with Crippen LogP contribution in [-0.2, 0) is 6.42 Å². The molecule has 8 heteroatoms. The second-order valence-corrected chi connectivity index (χ2v) is 6.54. The molecule has 4 aromatic rings. The number of H-pyrrole nitrogens is 1. The fraction of sp³-hybridized carbons (Fsp3) is 0.100. The third-order valence-corrected chi connectivity index (χ3v) is 4.55. The lowest BCUT2D eigenvalue weighted by Crippen LogP contribution is -2.26. The van der Waals surface area contributed by atoms with Crippen LogP contribution in [0.5, 0.6) is 0 Å². The predicted octanol–water partition coefficient (Wildman–Crippen LogP) is 3.13. The van der Waals surface area contributed by atoms with Crippen LogP contribution < -0.4 is 16.0 Å². The van der Waals surface area contributed by atoms with Gasteiger partial charge in [-0.05, 0) is 36.2 Å². The lowest BCUT2D eigenvalue weighted by atomic mass is 10.1. The Labute approximate surface area is 160 Å². The topological polar surface area (TPSA) is 108 Å². The van der Waals surface area contributed by atoms with Gasteiger partial charge in [0.25, 0.3) is 5.91 Å². The molecule has 0 spiro atoms. The highest BCUT2D eigenvalue weighted by atomic mass is 16.1. The Morgan fingerprint density at radius 1 is 0.929 bits per heavy atom. The van der Waals surface area contributed by atoms with Crippen LogP contribution in [0.4, 0.5) is 23.3 Å². The van der Waals surface area contributed by atoms with E-state index < -0.39 is 0 Å². The number of rotatable bonds is 0. The summed E-state index contributed by atoms with van der Waals surface area (Å²) in [5, 5.41) is 17.2. The summed E-state index contributed by atoms with van der Waals surface area (Å²) < 4.78 is 0. The molecular formula is C20H17N7O. The molecule has 1 aliphatic rings. The van der Waals surface area contributed by atoms with Gasteiger partial charge in [-0.15, -0.1) is 0 Å². The molecule has 138 valence electrons. The maximum Gasteiger partial charge on any atom is 0.269 e. The summed E-state index contributed by atoms with van der Waals surface area (Å²) in [4.78, 5) is 21.6. The van der Waals surface area contributed by atoms with Gasteiger partial charge in [0.2, 0.25) is 5.95 Å². The van der Waals surface area contributed by atoms with E-state index in [1.165, 1.54) is 0 Å². The van der Waals surface area contributed by atoms with Crippen LogP contribution in [0.25, 0.3) is 10.9 Å². The Bertz CT molecular complexity index is 1180. The van der Waals surface area contributed by atoms with Crippen molar-refractivity contribution in [2.75, 3.05) is 17.2 Å². The number of carbonyl (C=O) groups excluding carboxylic acids is 1. The van der Waals surface area contributed by atoms with Gasteiger partial charge in [-0.1, -0.05) is 24.3 Å². The van der Waals surface area contributed by atoms with E-state index in [2.05, 4.69) is 36.1 Å². The molecule has 1 aliphatic heterocycles. The van der Waals surface area contributed by atoms with Crippen molar-refractivity contribution in [2.45, 2.75) is 6.42 Å². The van der Waals surface area contributed by atoms with Gasteiger partial charge in [-0.2, -0.15) is 10.1 Å². The third kappa shape index (κ3) is 3.11. The maximum atomic E-state index is 12.3. The molecule has 6 bridgehead atoms. The first-order chi connectivity index (χ1) is 13.7. The molecule has 0 atom stereocenters. The monoisotopic (exact) mass is 371 g/mol. The van der Waals surface area contributed by atoms with E-state index in [-0.39, 0.29) is 5.91 Å². The molecule has 0 radical (unpaired) electrons. The predicted molar refractivity (Wildman–Crippen MR) is 107 cm³/mol. The number of benzene rings is 2. The van der Waals surface area contributed by atoms with Crippen LogP contribution in [0.15, 0.2) is 54.6 Å². The molecule has 28 heavy (non-hydrogen) atoms. The number of carbonyl (C=O) groups is 1. The van der Waals surface area contributed by atoms with Gasteiger partial charge in [0.1, 0.15) is 11.5 Å². The summed E-state index contributed by atoms with van der Waals surface area (Å²) in [6.07, 6.45) is 0.713. The largest absolute Gasteiger partial charge is 0.350 e. The lowest BCUT2D eigenvalue weighted by Gasteiger charge is -2.11. The molecule has 3 heterocycles. The summed E-state index contributed by atoms with van der Waals surface area (Å²) in [5.41, 5.74) is 3.19. The Balaban J connectivity index is 1.65. The first kappa shape index (κ1) is 16.2. The van der Waals surface area contributed by atoms with Crippen LogP contribution in [0.3, 0.4) is 0 Å². The van der Waals surface area contributed by atoms with Crippen molar-refractivity contribution < 1.29 is 4.79 Å². The summed E-state index contributed by atoms with van der Waals surface area (Å²) >= 11 is 0. The molecule has 8 nitrogen and oxygen atoms in total. The number of hydrogen-bond donors (Lipinski definition) is 4. The SMILES string of the molecule is O=C1NCCc2cccc(c2)Nc2nc(c3ccccc3n2)Nc2cc1[nH]n2. The molecule has 0 saturated heterocycles. The molecule has 0 unspecified atom stereocenters. The quantitative estimate of drug-likeness (QED) is 0.378. The maximum absolute atomic E-state index is 12.3. The van der Waals surface area contributed by atoms with E-state index >= 15 is 0 Å². The van der Waals surface area contributed by atoms with Crippen molar-refractivity contribution in [2.24, 2.45) is 0 Å². The van der Waals surface area contributed by atoms with Gasteiger partial charge in [-0.25, -0.2) is 4.98 Å². The van der Waals surface area contributed by atoms with E-state index in [1.807, 2.05) is 48.5 Å². The third-order valence-electron chi connectivity index (χ3n) is 4.55. The average molecular weight is 371 g/mol. The normalized spacial score (nSPS) is 13.6. The minimum Gasteiger partial charge on any atom is -0.350 e. The number of aromatic nitrogens is 4. The first-order valence-corrected chi connectivity index (χ1v) is 8.98. The van der Waals surface area contributed by atoms with E-state index in [9.17, 15) is 4.79 Å². The second-order valence-electron chi connectivity index (χ2n) is 6.54. The van der Waals surface area contributed by atoms with E-state index in [4.69, 9.17) is 0 Å². The average Bonchev–Trinajstić information content (AvgIpc) is 3.16. The smallest absolute Gasteiger partial charge is 0.269 e. The molecule has 4 N–H and O–H groups in total. The van der Waals surface area contributed by atoms with E-state index in [1.54, 1.807) is 6.07 Å². The minimum absolute atomic E-state index is 0.196. The fourth-order valence-corrected chi connectivity index (χ4v) is 3.20. The van der Waals surface area contributed by atoms with Crippen molar-refractivity contribution in [1.29, 1.82) is 0 Å². The Morgan fingerprint density at radius 2 is 1.86 bits per heavy atom. The van der Waals surface area contributed by atoms with Gasteiger partial charge in [0.05, 0.1) is 5.52 Å². The molecule has 1 amide bonds. The Kier molecular flexibility index (Phi) is 3.86. The lowest BCUT2D eigenvalue weighted by molar-refractivity contribution is 0.0949. The highest BCUT2D eigenvalue weighted by Crippen LogP contribution is 2.26. The first-order valence-electron chi connectivity index (χ1n) is 8.98. The molecule has 5 rings (SSSR count). The van der Waals surface area contributed by atoms with Crippen molar-refractivity contribution in [3.63, 3.8) is 0 Å². The molecule has 0 saturated carbocycles. The molecule has 2 aromatic heterocycles. The zero-order chi connectivity index (χ0) is 18.9. The summed E-state index contributed by atoms with van der Waals surface area (Å²) in [6.45, 7) is 0.526. The van der Waals surface area contributed by atoms with Crippen molar-refractivity contribution in [1.82, 2.24) is 25.5 Å². The molecule has 2 aromatic carbocycles. The summed E-state index contributed by atoms with van der Waals surface area (Å²) in [7, 11) is 0. The van der Waals surface area contributed by atoms with E-state index in [0.717, 1.165) is 22.2 Å². The van der Waals surface area contributed by atoms with Gasteiger partial charge in [-0.3, -0.25) is 9.89 Å². The fourth-order valence-electron chi connectivity index (χ4n) is 3.20. The number of fused-ring (bicyclic) bond motifs is 8. The Morgan fingerprint density at radius 3 is 2.82 bits per heavy atom.